The van der Waals surface area contributed by atoms with Crippen LogP contribution in [-0.2, 0) is 10.7 Å². The van der Waals surface area contributed by atoms with Crippen molar-refractivity contribution in [1.82, 2.24) is 10.2 Å². The second-order valence-corrected chi connectivity index (χ2v) is 6.16. The lowest BCUT2D eigenvalue weighted by Crippen LogP contribution is -2.33. The fourth-order valence-corrected chi connectivity index (χ4v) is 2.74. The van der Waals surface area contributed by atoms with Crippen LogP contribution < -0.4 is 10.1 Å². The molecular weight excluding hydrogens is 320 g/mol. The first-order valence-corrected chi connectivity index (χ1v) is 7.98. The topological polar surface area (TPSA) is 41.6 Å². The molecule has 118 valence electrons. The molecule has 1 aliphatic heterocycles. The number of carbonyl (C=O) groups excluding carboxylic acids is 1. The van der Waals surface area contributed by atoms with Crippen molar-refractivity contribution in [3.05, 3.63) is 35.0 Å². The summed E-state index contributed by atoms with van der Waals surface area (Å²) in [6, 6.07) is 5.63. The fourth-order valence-electron chi connectivity index (χ4n) is 2.26. The van der Waals surface area contributed by atoms with Gasteiger partial charge in [-0.15, -0.1) is 11.6 Å². The van der Waals surface area contributed by atoms with E-state index in [2.05, 4.69) is 5.32 Å². The number of thiocarbonyl (C=S) groups is 1. The molecule has 22 heavy (non-hydrogen) atoms. The zero-order valence-electron chi connectivity index (χ0n) is 12.9. The summed E-state index contributed by atoms with van der Waals surface area (Å²) in [5.41, 5.74) is 2.24. The van der Waals surface area contributed by atoms with E-state index in [0.717, 1.165) is 16.9 Å². The molecule has 1 aromatic carbocycles. The average Bonchev–Trinajstić information content (AvgIpc) is 2.74. The molecule has 1 saturated heterocycles. The van der Waals surface area contributed by atoms with Crippen LogP contribution in [-0.4, -0.2) is 29.6 Å². The van der Waals surface area contributed by atoms with Crippen molar-refractivity contribution in [3.8, 4) is 5.75 Å². The number of carbonyl (C=O) groups is 1. The van der Waals surface area contributed by atoms with Gasteiger partial charge in [-0.3, -0.25) is 9.69 Å². The number of hydrogen-bond acceptors (Lipinski definition) is 3. The van der Waals surface area contributed by atoms with Crippen molar-refractivity contribution >= 4 is 40.9 Å². The van der Waals surface area contributed by atoms with E-state index >= 15 is 0 Å². The van der Waals surface area contributed by atoms with Crippen LogP contribution in [0.1, 0.15) is 25.0 Å². The minimum atomic E-state index is -0.0954. The van der Waals surface area contributed by atoms with Crippen molar-refractivity contribution in [2.24, 2.45) is 5.92 Å². The minimum Gasteiger partial charge on any atom is -0.496 e. The molecule has 1 aliphatic rings. The number of hydrogen-bond donors (Lipinski definition) is 1. The van der Waals surface area contributed by atoms with Crippen LogP contribution in [0.25, 0.3) is 6.08 Å². The van der Waals surface area contributed by atoms with Crippen LogP contribution in [0.5, 0.6) is 5.75 Å². The summed E-state index contributed by atoms with van der Waals surface area (Å²) in [6.07, 6.45) is 1.78. The maximum absolute atomic E-state index is 12.4. The fraction of sp³-hybridized carbons (Fsp3) is 0.375. The van der Waals surface area contributed by atoms with Crippen LogP contribution >= 0.6 is 23.8 Å². The monoisotopic (exact) mass is 338 g/mol. The SMILES string of the molecule is COc1ccc(/C=C2/NC(=S)N(CC(C)C)C2=O)cc1CCl. The molecule has 1 fully saturated rings. The van der Waals surface area contributed by atoms with Gasteiger partial charge in [0.15, 0.2) is 5.11 Å². The Hall–Kier alpha value is -1.59. The number of alkyl halides is 1. The van der Waals surface area contributed by atoms with E-state index in [0.29, 0.717) is 29.2 Å². The molecule has 0 aliphatic carbocycles. The lowest BCUT2D eigenvalue weighted by Gasteiger charge is -2.15. The summed E-state index contributed by atoms with van der Waals surface area (Å²) in [5.74, 6) is 1.34. The highest BCUT2D eigenvalue weighted by Crippen LogP contribution is 2.23. The van der Waals surface area contributed by atoms with Crippen molar-refractivity contribution in [3.63, 3.8) is 0 Å². The maximum atomic E-state index is 12.4. The van der Waals surface area contributed by atoms with Gasteiger partial charge in [-0.2, -0.15) is 0 Å². The van der Waals surface area contributed by atoms with E-state index < -0.39 is 0 Å². The van der Waals surface area contributed by atoms with Gasteiger partial charge in [0.25, 0.3) is 5.91 Å². The van der Waals surface area contributed by atoms with Gasteiger partial charge in [0.2, 0.25) is 0 Å². The van der Waals surface area contributed by atoms with Crippen molar-refractivity contribution < 1.29 is 9.53 Å². The predicted octanol–water partition coefficient (Wildman–Crippen LogP) is 3.15. The quantitative estimate of drug-likeness (QED) is 0.509. The summed E-state index contributed by atoms with van der Waals surface area (Å²) < 4.78 is 5.24. The maximum Gasteiger partial charge on any atom is 0.276 e. The van der Waals surface area contributed by atoms with Crippen LogP contribution in [0.2, 0.25) is 0 Å². The largest absolute Gasteiger partial charge is 0.496 e. The molecular formula is C16H19ClN2O2S. The Bertz CT molecular complexity index is 629. The van der Waals surface area contributed by atoms with E-state index in [-0.39, 0.29) is 5.91 Å². The molecule has 2 rings (SSSR count). The molecule has 1 N–H and O–H groups in total. The normalized spacial score (nSPS) is 16.6. The highest BCUT2D eigenvalue weighted by molar-refractivity contribution is 7.80. The second kappa shape index (κ2) is 7.11. The number of ether oxygens (including phenoxy) is 1. The molecule has 1 heterocycles. The van der Waals surface area contributed by atoms with Crippen LogP contribution in [0, 0.1) is 5.92 Å². The number of halogens is 1. The standard InChI is InChI=1S/C16H19ClN2O2S/c1-10(2)9-19-15(20)13(18-16(19)22)7-11-4-5-14(21-3)12(6-11)8-17/h4-7,10H,8-9H2,1-3H3,(H,18,22)/b13-7+. The van der Waals surface area contributed by atoms with Gasteiger partial charge in [-0.05, 0) is 41.9 Å². The lowest BCUT2D eigenvalue weighted by atomic mass is 10.1. The van der Waals surface area contributed by atoms with E-state index in [1.165, 1.54) is 0 Å². The van der Waals surface area contributed by atoms with Gasteiger partial charge in [0.05, 0.1) is 13.0 Å². The number of methoxy groups -OCH3 is 1. The number of rotatable bonds is 5. The predicted molar refractivity (Wildman–Crippen MR) is 92.8 cm³/mol. The van der Waals surface area contributed by atoms with Gasteiger partial charge in [0, 0.05) is 12.1 Å². The molecule has 6 heteroatoms. The van der Waals surface area contributed by atoms with E-state index in [1.54, 1.807) is 18.1 Å². The zero-order chi connectivity index (χ0) is 16.3. The van der Waals surface area contributed by atoms with E-state index in [9.17, 15) is 4.79 Å². The van der Waals surface area contributed by atoms with Crippen molar-refractivity contribution in [2.75, 3.05) is 13.7 Å². The molecule has 0 radical (unpaired) electrons. The average molecular weight is 339 g/mol. The Balaban J connectivity index is 2.27. The first kappa shape index (κ1) is 16.8. The van der Waals surface area contributed by atoms with Gasteiger partial charge in [0.1, 0.15) is 11.4 Å². The zero-order valence-corrected chi connectivity index (χ0v) is 14.4. The molecule has 0 unspecified atom stereocenters. The van der Waals surface area contributed by atoms with Crippen LogP contribution in [0.3, 0.4) is 0 Å². The summed E-state index contributed by atoms with van der Waals surface area (Å²) >= 11 is 11.1. The minimum absolute atomic E-state index is 0.0954. The van der Waals surface area contributed by atoms with E-state index in [4.69, 9.17) is 28.6 Å². The Kier molecular flexibility index (Phi) is 5.42. The number of nitrogens with zero attached hydrogens (tertiary/aromatic N) is 1. The highest BCUT2D eigenvalue weighted by Gasteiger charge is 2.30. The second-order valence-electron chi connectivity index (χ2n) is 5.50. The van der Waals surface area contributed by atoms with Gasteiger partial charge < -0.3 is 10.1 Å². The molecule has 0 spiro atoms. The first-order valence-electron chi connectivity index (χ1n) is 7.03. The lowest BCUT2D eigenvalue weighted by molar-refractivity contribution is -0.122. The van der Waals surface area contributed by atoms with Gasteiger partial charge in [-0.1, -0.05) is 19.9 Å². The van der Waals surface area contributed by atoms with E-state index in [1.807, 2.05) is 32.0 Å². The molecule has 0 atom stereocenters. The molecule has 0 saturated carbocycles. The summed E-state index contributed by atoms with van der Waals surface area (Å²) in [4.78, 5) is 14.0. The third kappa shape index (κ3) is 3.59. The third-order valence-corrected chi connectivity index (χ3v) is 3.88. The van der Waals surface area contributed by atoms with Crippen molar-refractivity contribution in [1.29, 1.82) is 0 Å². The molecule has 0 aromatic heterocycles. The Morgan fingerprint density at radius 2 is 2.18 bits per heavy atom. The molecule has 4 nitrogen and oxygen atoms in total. The summed E-state index contributed by atoms with van der Waals surface area (Å²) in [6.45, 7) is 4.71. The summed E-state index contributed by atoms with van der Waals surface area (Å²) in [7, 11) is 1.60. The summed E-state index contributed by atoms with van der Waals surface area (Å²) in [5, 5.41) is 3.43. The number of amides is 1. The van der Waals surface area contributed by atoms with Crippen LogP contribution in [0.4, 0.5) is 0 Å². The Morgan fingerprint density at radius 1 is 1.45 bits per heavy atom. The first-order chi connectivity index (χ1) is 10.5. The third-order valence-electron chi connectivity index (χ3n) is 3.27. The number of benzene rings is 1. The van der Waals surface area contributed by atoms with Crippen LogP contribution in [0.15, 0.2) is 23.9 Å². The smallest absolute Gasteiger partial charge is 0.276 e. The Morgan fingerprint density at radius 3 is 2.77 bits per heavy atom. The molecule has 0 bridgehead atoms. The number of nitrogens with one attached hydrogen (secondary N) is 1. The molecule has 1 amide bonds. The Labute approximate surface area is 141 Å². The van der Waals surface area contributed by atoms with Gasteiger partial charge >= 0.3 is 0 Å². The van der Waals surface area contributed by atoms with Gasteiger partial charge in [-0.25, -0.2) is 0 Å². The molecule has 1 aromatic rings. The van der Waals surface area contributed by atoms with Crippen molar-refractivity contribution in [2.45, 2.75) is 19.7 Å². The highest BCUT2D eigenvalue weighted by atomic mass is 35.5.